The van der Waals surface area contributed by atoms with Gasteiger partial charge in [-0.05, 0) is 55.2 Å². The lowest BCUT2D eigenvalue weighted by Crippen LogP contribution is -2.14. The minimum atomic E-state index is -0.248. The van der Waals surface area contributed by atoms with Gasteiger partial charge in [-0.2, -0.15) is 5.26 Å². The van der Waals surface area contributed by atoms with Gasteiger partial charge in [0.15, 0.2) is 0 Å². The number of rotatable bonds is 3. The Morgan fingerprint density at radius 3 is 2.88 bits per heavy atom. The predicted molar refractivity (Wildman–Crippen MR) is 91.6 cm³/mol. The summed E-state index contributed by atoms with van der Waals surface area (Å²) in [5.74, 6) is -0.598. The number of fused-ring (bicyclic) bond motifs is 1. The van der Waals surface area contributed by atoms with Gasteiger partial charge in [-0.1, -0.05) is 18.2 Å². The molecule has 1 fully saturated rings. The van der Waals surface area contributed by atoms with Crippen molar-refractivity contribution in [3.63, 3.8) is 0 Å². The first kappa shape index (κ1) is 15.3. The SMILES string of the molecule is N#Cc1c(NC(=O)C2CC2c2ccccc2F)sc2c1CCCC2. The summed E-state index contributed by atoms with van der Waals surface area (Å²) in [5.41, 5.74) is 2.36. The zero-order valence-corrected chi connectivity index (χ0v) is 14.0. The van der Waals surface area contributed by atoms with E-state index in [-0.39, 0.29) is 23.6 Å². The Labute approximate surface area is 144 Å². The molecule has 4 rings (SSSR count). The Hall–Kier alpha value is -2.19. The molecule has 0 saturated heterocycles. The number of anilines is 1. The van der Waals surface area contributed by atoms with E-state index in [1.807, 2.05) is 0 Å². The van der Waals surface area contributed by atoms with Crippen LogP contribution in [0.2, 0.25) is 0 Å². The summed E-state index contributed by atoms with van der Waals surface area (Å²) in [7, 11) is 0. The molecular formula is C19H17FN2OS. The van der Waals surface area contributed by atoms with Crippen molar-refractivity contribution in [2.75, 3.05) is 5.32 Å². The van der Waals surface area contributed by atoms with Crippen LogP contribution in [0.1, 0.15) is 46.7 Å². The minimum absolute atomic E-state index is 0.0497. The predicted octanol–water partition coefficient (Wildman–Crippen LogP) is 4.38. The second kappa shape index (κ2) is 6.03. The van der Waals surface area contributed by atoms with Gasteiger partial charge in [0.2, 0.25) is 5.91 Å². The van der Waals surface area contributed by atoms with Crippen LogP contribution in [0.3, 0.4) is 0 Å². The van der Waals surface area contributed by atoms with Crippen LogP contribution in [0.15, 0.2) is 24.3 Å². The van der Waals surface area contributed by atoms with Crippen LogP contribution >= 0.6 is 11.3 Å². The number of carbonyl (C=O) groups excluding carboxylic acids is 1. The summed E-state index contributed by atoms with van der Waals surface area (Å²) in [5, 5.41) is 13.1. The van der Waals surface area contributed by atoms with Crippen molar-refractivity contribution >= 4 is 22.2 Å². The van der Waals surface area contributed by atoms with Crippen molar-refractivity contribution in [1.82, 2.24) is 0 Å². The highest BCUT2D eigenvalue weighted by Gasteiger charge is 2.45. The molecule has 5 heteroatoms. The fourth-order valence-electron chi connectivity index (χ4n) is 3.58. The van der Waals surface area contributed by atoms with E-state index in [2.05, 4.69) is 11.4 Å². The molecule has 2 unspecified atom stereocenters. The number of carbonyl (C=O) groups is 1. The summed E-state index contributed by atoms with van der Waals surface area (Å²) in [6.07, 6.45) is 4.82. The quantitative estimate of drug-likeness (QED) is 0.901. The first-order valence-electron chi connectivity index (χ1n) is 8.29. The highest BCUT2D eigenvalue weighted by Crippen LogP contribution is 2.49. The number of nitrogens with zero attached hydrogens (tertiary/aromatic N) is 1. The van der Waals surface area contributed by atoms with Crippen LogP contribution in [0.25, 0.3) is 0 Å². The third-order valence-electron chi connectivity index (χ3n) is 4.95. The number of halogens is 1. The molecule has 0 radical (unpaired) electrons. The number of aryl methyl sites for hydroxylation is 1. The van der Waals surface area contributed by atoms with E-state index in [0.29, 0.717) is 22.5 Å². The minimum Gasteiger partial charge on any atom is -0.316 e. The number of nitriles is 1. The molecule has 0 spiro atoms. The van der Waals surface area contributed by atoms with Crippen molar-refractivity contribution < 1.29 is 9.18 Å². The van der Waals surface area contributed by atoms with E-state index in [9.17, 15) is 14.4 Å². The maximum atomic E-state index is 13.8. The molecule has 1 amide bonds. The van der Waals surface area contributed by atoms with E-state index < -0.39 is 0 Å². The Morgan fingerprint density at radius 2 is 2.08 bits per heavy atom. The van der Waals surface area contributed by atoms with Gasteiger partial charge in [-0.25, -0.2) is 4.39 Å². The fraction of sp³-hybridized carbons (Fsp3) is 0.368. The van der Waals surface area contributed by atoms with E-state index in [1.165, 1.54) is 22.3 Å². The highest BCUT2D eigenvalue weighted by atomic mass is 32.1. The summed E-state index contributed by atoms with van der Waals surface area (Å²) in [6, 6.07) is 8.90. The molecule has 1 heterocycles. The van der Waals surface area contributed by atoms with Crippen molar-refractivity contribution in [3.05, 3.63) is 51.7 Å². The first-order valence-corrected chi connectivity index (χ1v) is 9.10. The zero-order chi connectivity index (χ0) is 16.7. The number of thiophene rings is 1. The van der Waals surface area contributed by atoms with Gasteiger partial charge in [0, 0.05) is 10.8 Å². The van der Waals surface area contributed by atoms with Crippen LogP contribution < -0.4 is 5.32 Å². The maximum absolute atomic E-state index is 13.8. The third kappa shape index (κ3) is 2.61. The van der Waals surface area contributed by atoms with Gasteiger partial charge in [0.1, 0.15) is 16.9 Å². The van der Waals surface area contributed by atoms with Gasteiger partial charge in [-0.3, -0.25) is 4.79 Å². The highest BCUT2D eigenvalue weighted by molar-refractivity contribution is 7.16. The topological polar surface area (TPSA) is 52.9 Å². The molecular weight excluding hydrogens is 323 g/mol. The number of benzene rings is 1. The zero-order valence-electron chi connectivity index (χ0n) is 13.1. The molecule has 0 bridgehead atoms. The van der Waals surface area contributed by atoms with Crippen LogP contribution in [0.5, 0.6) is 0 Å². The molecule has 2 aliphatic rings. The standard InChI is InChI=1S/C19H17FN2OS/c20-16-7-3-1-5-11(16)13-9-14(13)18(23)22-19-15(10-21)12-6-2-4-8-17(12)24-19/h1,3,5,7,13-14H,2,4,6,8-9H2,(H,22,23). The van der Waals surface area contributed by atoms with Crippen LogP contribution in [0.4, 0.5) is 9.39 Å². The molecule has 122 valence electrons. The third-order valence-corrected chi connectivity index (χ3v) is 6.16. The van der Waals surface area contributed by atoms with E-state index in [1.54, 1.807) is 18.2 Å². The van der Waals surface area contributed by atoms with Gasteiger partial charge in [0.05, 0.1) is 5.56 Å². The Kier molecular flexibility index (Phi) is 3.85. The number of hydrogen-bond donors (Lipinski definition) is 1. The van der Waals surface area contributed by atoms with Crippen LogP contribution in [0, 0.1) is 23.1 Å². The van der Waals surface area contributed by atoms with Crippen LogP contribution in [-0.4, -0.2) is 5.91 Å². The number of hydrogen-bond acceptors (Lipinski definition) is 3. The molecule has 1 aromatic heterocycles. The van der Waals surface area contributed by atoms with Crippen molar-refractivity contribution in [3.8, 4) is 6.07 Å². The van der Waals surface area contributed by atoms with Gasteiger partial charge < -0.3 is 5.32 Å². The van der Waals surface area contributed by atoms with Crippen molar-refractivity contribution in [2.24, 2.45) is 5.92 Å². The number of nitrogens with one attached hydrogen (secondary N) is 1. The molecule has 2 aromatic rings. The second-order valence-electron chi connectivity index (χ2n) is 6.49. The lowest BCUT2D eigenvalue weighted by molar-refractivity contribution is -0.117. The molecule has 3 nitrogen and oxygen atoms in total. The smallest absolute Gasteiger partial charge is 0.228 e. The average Bonchev–Trinajstić information content (AvgIpc) is 3.30. The Bertz CT molecular complexity index is 852. The molecule has 1 N–H and O–H groups in total. The molecule has 2 atom stereocenters. The molecule has 1 aromatic carbocycles. The van der Waals surface area contributed by atoms with Gasteiger partial charge in [0.25, 0.3) is 0 Å². The maximum Gasteiger partial charge on any atom is 0.228 e. The monoisotopic (exact) mass is 340 g/mol. The Morgan fingerprint density at radius 1 is 1.29 bits per heavy atom. The normalized spacial score (nSPS) is 21.7. The first-order chi connectivity index (χ1) is 11.7. The average molecular weight is 340 g/mol. The van der Waals surface area contributed by atoms with E-state index in [4.69, 9.17) is 0 Å². The fourth-order valence-corrected chi connectivity index (χ4v) is 4.82. The largest absolute Gasteiger partial charge is 0.316 e. The Balaban J connectivity index is 1.51. The molecule has 2 aliphatic carbocycles. The van der Waals surface area contributed by atoms with Crippen molar-refractivity contribution in [1.29, 1.82) is 5.26 Å². The second-order valence-corrected chi connectivity index (χ2v) is 7.59. The summed E-state index contributed by atoms with van der Waals surface area (Å²) < 4.78 is 13.8. The van der Waals surface area contributed by atoms with Crippen LogP contribution in [-0.2, 0) is 17.6 Å². The van der Waals surface area contributed by atoms with E-state index >= 15 is 0 Å². The lowest BCUT2D eigenvalue weighted by atomic mass is 9.96. The summed E-state index contributed by atoms with van der Waals surface area (Å²) >= 11 is 1.53. The van der Waals surface area contributed by atoms with Gasteiger partial charge in [-0.15, -0.1) is 11.3 Å². The van der Waals surface area contributed by atoms with Gasteiger partial charge >= 0.3 is 0 Å². The molecule has 0 aliphatic heterocycles. The van der Waals surface area contributed by atoms with E-state index in [0.717, 1.165) is 31.2 Å². The summed E-state index contributed by atoms with van der Waals surface area (Å²) in [4.78, 5) is 13.7. The molecule has 1 saturated carbocycles. The summed E-state index contributed by atoms with van der Waals surface area (Å²) in [6.45, 7) is 0. The molecule has 24 heavy (non-hydrogen) atoms. The lowest BCUT2D eigenvalue weighted by Gasteiger charge is -2.09. The number of amides is 1. The van der Waals surface area contributed by atoms with Crippen molar-refractivity contribution in [2.45, 2.75) is 38.0 Å².